The van der Waals surface area contributed by atoms with Crippen LogP contribution in [0.3, 0.4) is 0 Å². The summed E-state index contributed by atoms with van der Waals surface area (Å²) in [5.74, 6) is 1.41. The van der Waals surface area contributed by atoms with E-state index in [9.17, 15) is 0 Å². The van der Waals surface area contributed by atoms with Crippen LogP contribution in [0.25, 0.3) is 0 Å². The lowest BCUT2D eigenvalue weighted by molar-refractivity contribution is 0.303. The van der Waals surface area contributed by atoms with E-state index in [1.165, 1.54) is 11.1 Å². The Balaban J connectivity index is 1.70. The molecule has 2 heteroatoms. The predicted octanol–water partition coefficient (Wildman–Crippen LogP) is 4.29. The molecule has 0 fully saturated rings. The highest BCUT2D eigenvalue weighted by atomic mass is 16.5. The molecule has 2 aromatic carbocycles. The summed E-state index contributed by atoms with van der Waals surface area (Å²) < 4.78 is 5.71. The fourth-order valence-electron chi connectivity index (χ4n) is 2.46. The number of para-hydroxylation sites is 1. The number of hydrogen-bond donors (Lipinski definition) is 1. The van der Waals surface area contributed by atoms with Crippen molar-refractivity contribution >= 4 is 0 Å². The van der Waals surface area contributed by atoms with Crippen LogP contribution in [0.2, 0.25) is 0 Å². The second-order valence-electron chi connectivity index (χ2n) is 5.50. The molecule has 1 atom stereocenters. The number of ether oxygens (including phenoxy) is 1. The van der Waals surface area contributed by atoms with Crippen LogP contribution in [0, 0.1) is 6.92 Å². The summed E-state index contributed by atoms with van der Waals surface area (Å²) in [6.45, 7) is 3.60. The molecule has 0 amide bonds. The smallest absolute Gasteiger partial charge is 0.119 e. The fourth-order valence-corrected chi connectivity index (χ4v) is 2.46. The number of unbranched alkanes of at least 4 members (excludes halogenated alkanes) is 1. The third-order valence-corrected chi connectivity index (χ3v) is 3.79. The molecule has 0 heterocycles. The van der Waals surface area contributed by atoms with Crippen LogP contribution in [0.4, 0.5) is 0 Å². The van der Waals surface area contributed by atoms with Gasteiger partial charge in [-0.15, -0.1) is 0 Å². The number of rotatable bonds is 8. The van der Waals surface area contributed by atoms with Crippen molar-refractivity contribution in [2.75, 3.05) is 13.2 Å². The second kappa shape index (κ2) is 8.48. The monoisotopic (exact) mass is 283 g/mol. The van der Waals surface area contributed by atoms with Crippen molar-refractivity contribution in [3.63, 3.8) is 0 Å². The Morgan fingerprint density at radius 1 is 0.952 bits per heavy atom. The summed E-state index contributed by atoms with van der Waals surface area (Å²) in [6, 6.07) is 18.7. The zero-order valence-electron chi connectivity index (χ0n) is 12.8. The van der Waals surface area contributed by atoms with Crippen LogP contribution in [0.1, 0.15) is 36.3 Å². The van der Waals surface area contributed by atoms with Gasteiger partial charge in [0.25, 0.3) is 0 Å². The first kappa shape index (κ1) is 15.6. The maximum absolute atomic E-state index is 5.92. The number of benzene rings is 2. The SMILES string of the molecule is Cc1ccc(C(CN)CCCCOc2ccccc2)cc1. The van der Waals surface area contributed by atoms with Gasteiger partial charge in [-0.1, -0.05) is 48.0 Å². The molecular formula is C19H25NO. The Morgan fingerprint density at radius 3 is 2.33 bits per heavy atom. The van der Waals surface area contributed by atoms with Gasteiger partial charge in [0.1, 0.15) is 5.75 Å². The second-order valence-corrected chi connectivity index (χ2v) is 5.50. The van der Waals surface area contributed by atoms with Crippen molar-refractivity contribution in [3.05, 3.63) is 65.7 Å². The minimum atomic E-state index is 0.460. The highest BCUT2D eigenvalue weighted by Crippen LogP contribution is 2.21. The lowest BCUT2D eigenvalue weighted by Gasteiger charge is -2.15. The van der Waals surface area contributed by atoms with E-state index >= 15 is 0 Å². The molecule has 2 N–H and O–H groups in total. The molecule has 0 spiro atoms. The largest absolute Gasteiger partial charge is 0.494 e. The number of nitrogens with two attached hydrogens (primary N) is 1. The highest BCUT2D eigenvalue weighted by Gasteiger charge is 2.09. The molecule has 0 aliphatic heterocycles. The van der Waals surface area contributed by atoms with Gasteiger partial charge in [-0.2, -0.15) is 0 Å². The zero-order valence-corrected chi connectivity index (χ0v) is 12.8. The van der Waals surface area contributed by atoms with Crippen molar-refractivity contribution in [3.8, 4) is 5.75 Å². The average Bonchev–Trinajstić information content (AvgIpc) is 2.53. The Labute approximate surface area is 127 Å². The van der Waals surface area contributed by atoms with Crippen LogP contribution in [0.15, 0.2) is 54.6 Å². The normalized spacial score (nSPS) is 12.1. The average molecular weight is 283 g/mol. The third-order valence-electron chi connectivity index (χ3n) is 3.79. The van der Waals surface area contributed by atoms with Crippen molar-refractivity contribution in [1.82, 2.24) is 0 Å². The van der Waals surface area contributed by atoms with E-state index in [0.29, 0.717) is 12.5 Å². The molecule has 0 aliphatic rings. The van der Waals surface area contributed by atoms with Crippen LogP contribution in [-0.2, 0) is 0 Å². The number of aryl methyl sites for hydroxylation is 1. The van der Waals surface area contributed by atoms with Crippen molar-refractivity contribution < 1.29 is 4.74 Å². The third kappa shape index (κ3) is 5.24. The van der Waals surface area contributed by atoms with Gasteiger partial charge in [-0.05, 0) is 56.3 Å². The molecule has 0 saturated carbocycles. The van der Waals surface area contributed by atoms with Crippen LogP contribution in [-0.4, -0.2) is 13.2 Å². The van der Waals surface area contributed by atoms with E-state index < -0.39 is 0 Å². The Hall–Kier alpha value is -1.80. The van der Waals surface area contributed by atoms with E-state index in [1.54, 1.807) is 0 Å². The molecule has 1 unspecified atom stereocenters. The van der Waals surface area contributed by atoms with Crippen molar-refractivity contribution in [2.24, 2.45) is 5.73 Å². The Kier molecular flexibility index (Phi) is 6.29. The van der Waals surface area contributed by atoms with Gasteiger partial charge in [-0.3, -0.25) is 0 Å². The lowest BCUT2D eigenvalue weighted by Crippen LogP contribution is -2.13. The topological polar surface area (TPSA) is 35.2 Å². The molecule has 2 aromatic rings. The first-order valence-electron chi connectivity index (χ1n) is 7.74. The summed E-state index contributed by atoms with van der Waals surface area (Å²) in [6.07, 6.45) is 3.33. The van der Waals surface area contributed by atoms with Gasteiger partial charge in [0.05, 0.1) is 6.61 Å². The maximum atomic E-state index is 5.92. The van der Waals surface area contributed by atoms with E-state index in [0.717, 1.165) is 31.6 Å². The van der Waals surface area contributed by atoms with Crippen LogP contribution in [0.5, 0.6) is 5.75 Å². The van der Waals surface area contributed by atoms with Gasteiger partial charge < -0.3 is 10.5 Å². The van der Waals surface area contributed by atoms with Gasteiger partial charge in [0.2, 0.25) is 0 Å². The molecule has 0 radical (unpaired) electrons. The first-order valence-corrected chi connectivity index (χ1v) is 7.74. The summed E-state index contributed by atoms with van der Waals surface area (Å²) in [7, 11) is 0. The first-order chi connectivity index (χ1) is 10.3. The summed E-state index contributed by atoms with van der Waals surface area (Å²) in [4.78, 5) is 0. The van der Waals surface area contributed by atoms with E-state index in [4.69, 9.17) is 10.5 Å². The standard InChI is InChI=1S/C19H25NO/c1-16-10-12-17(13-11-16)18(15-20)7-5-6-14-21-19-8-3-2-4-9-19/h2-4,8-13,18H,5-7,14-15,20H2,1H3. The van der Waals surface area contributed by atoms with E-state index in [2.05, 4.69) is 31.2 Å². The molecule has 0 saturated heterocycles. The van der Waals surface area contributed by atoms with Crippen molar-refractivity contribution in [1.29, 1.82) is 0 Å². The minimum Gasteiger partial charge on any atom is -0.494 e. The quantitative estimate of drug-likeness (QED) is 0.734. The van der Waals surface area contributed by atoms with E-state index in [-0.39, 0.29) is 0 Å². The summed E-state index contributed by atoms with van der Waals surface area (Å²) in [5, 5.41) is 0. The molecule has 112 valence electrons. The molecule has 0 aromatic heterocycles. The Morgan fingerprint density at radius 2 is 1.67 bits per heavy atom. The van der Waals surface area contributed by atoms with Gasteiger partial charge >= 0.3 is 0 Å². The highest BCUT2D eigenvalue weighted by molar-refractivity contribution is 5.24. The molecular weight excluding hydrogens is 258 g/mol. The zero-order chi connectivity index (χ0) is 14.9. The van der Waals surface area contributed by atoms with Gasteiger partial charge in [0.15, 0.2) is 0 Å². The van der Waals surface area contributed by atoms with Crippen LogP contribution < -0.4 is 10.5 Å². The fraction of sp³-hybridized carbons (Fsp3) is 0.368. The summed E-state index contributed by atoms with van der Waals surface area (Å²) >= 11 is 0. The van der Waals surface area contributed by atoms with Gasteiger partial charge in [0, 0.05) is 0 Å². The van der Waals surface area contributed by atoms with Gasteiger partial charge in [-0.25, -0.2) is 0 Å². The maximum Gasteiger partial charge on any atom is 0.119 e. The lowest BCUT2D eigenvalue weighted by atomic mass is 9.93. The van der Waals surface area contributed by atoms with E-state index in [1.807, 2.05) is 30.3 Å². The molecule has 2 nitrogen and oxygen atoms in total. The number of hydrogen-bond acceptors (Lipinski definition) is 2. The Bertz CT molecular complexity index is 507. The molecule has 0 aliphatic carbocycles. The summed E-state index contributed by atoms with van der Waals surface area (Å²) in [5.41, 5.74) is 8.57. The van der Waals surface area contributed by atoms with Crippen molar-refractivity contribution in [2.45, 2.75) is 32.1 Å². The molecule has 21 heavy (non-hydrogen) atoms. The van der Waals surface area contributed by atoms with Crippen LogP contribution >= 0.6 is 0 Å². The molecule has 2 rings (SSSR count). The predicted molar refractivity (Wildman–Crippen MR) is 88.8 cm³/mol. The molecule has 0 bridgehead atoms. The minimum absolute atomic E-state index is 0.460.